The Labute approximate surface area is 115 Å². The van der Waals surface area contributed by atoms with Crippen LogP contribution < -0.4 is 11.1 Å². The molecule has 0 atom stereocenters. The Balaban J connectivity index is 1.78. The van der Waals surface area contributed by atoms with Crippen molar-refractivity contribution in [2.45, 2.75) is 25.7 Å². The highest BCUT2D eigenvalue weighted by Gasteiger charge is 2.26. The number of nitrogens with zero attached hydrogens (tertiary/aromatic N) is 1. The second-order valence-corrected chi connectivity index (χ2v) is 5.68. The van der Waals surface area contributed by atoms with E-state index in [2.05, 4.69) is 10.3 Å². The molecule has 19 heavy (non-hydrogen) atoms. The summed E-state index contributed by atoms with van der Waals surface area (Å²) >= 11 is 1.48. The van der Waals surface area contributed by atoms with E-state index in [0.29, 0.717) is 22.3 Å². The van der Waals surface area contributed by atoms with E-state index in [-0.39, 0.29) is 5.91 Å². The zero-order chi connectivity index (χ0) is 13.4. The molecule has 5 heteroatoms. The lowest BCUT2D eigenvalue weighted by Gasteiger charge is -2.07. The van der Waals surface area contributed by atoms with Gasteiger partial charge in [-0.05, 0) is 37.5 Å². The zero-order valence-corrected chi connectivity index (χ0v) is 11.5. The van der Waals surface area contributed by atoms with Gasteiger partial charge in [-0.15, -0.1) is 11.3 Å². The van der Waals surface area contributed by atoms with E-state index in [1.165, 1.54) is 24.2 Å². The van der Waals surface area contributed by atoms with Crippen molar-refractivity contribution < 1.29 is 4.79 Å². The molecule has 1 amide bonds. The number of nitrogens with one attached hydrogen (secondary N) is 1. The summed E-state index contributed by atoms with van der Waals surface area (Å²) in [4.78, 5) is 16.6. The number of thiazole rings is 1. The van der Waals surface area contributed by atoms with E-state index < -0.39 is 0 Å². The first-order valence-electron chi connectivity index (χ1n) is 6.27. The molecule has 1 saturated carbocycles. The monoisotopic (exact) mass is 273 g/mol. The van der Waals surface area contributed by atoms with Crippen LogP contribution in [0.15, 0.2) is 23.6 Å². The first-order valence-corrected chi connectivity index (χ1v) is 7.15. The Morgan fingerprint density at radius 3 is 3.00 bits per heavy atom. The van der Waals surface area contributed by atoms with E-state index in [1.807, 2.05) is 12.3 Å². The number of rotatable bonds is 3. The SMILES string of the molecule is Cc1c(N)cccc1C(=O)Nc1nc(C2CC2)cs1. The number of aromatic nitrogens is 1. The van der Waals surface area contributed by atoms with Crippen molar-refractivity contribution in [3.63, 3.8) is 0 Å². The third-order valence-electron chi connectivity index (χ3n) is 3.36. The molecule has 1 heterocycles. The van der Waals surface area contributed by atoms with Crippen LogP contribution in [0.2, 0.25) is 0 Å². The van der Waals surface area contributed by atoms with Gasteiger partial charge in [-0.1, -0.05) is 6.07 Å². The third-order valence-corrected chi connectivity index (χ3v) is 4.13. The van der Waals surface area contributed by atoms with Gasteiger partial charge < -0.3 is 5.73 Å². The van der Waals surface area contributed by atoms with Gasteiger partial charge in [0.1, 0.15) is 0 Å². The van der Waals surface area contributed by atoms with Crippen LogP contribution in [0.5, 0.6) is 0 Å². The van der Waals surface area contributed by atoms with Crippen LogP contribution in [0.4, 0.5) is 10.8 Å². The smallest absolute Gasteiger partial charge is 0.257 e. The van der Waals surface area contributed by atoms with E-state index in [1.54, 1.807) is 18.2 Å². The Morgan fingerprint density at radius 2 is 2.26 bits per heavy atom. The Morgan fingerprint density at radius 1 is 1.47 bits per heavy atom. The molecule has 0 unspecified atom stereocenters. The molecular formula is C14H15N3OS. The second kappa shape index (κ2) is 4.66. The summed E-state index contributed by atoms with van der Waals surface area (Å²) in [6, 6.07) is 5.35. The van der Waals surface area contributed by atoms with E-state index >= 15 is 0 Å². The summed E-state index contributed by atoms with van der Waals surface area (Å²) in [6.07, 6.45) is 2.43. The molecular weight excluding hydrogens is 258 g/mol. The molecule has 1 aliphatic rings. The topological polar surface area (TPSA) is 68.0 Å². The molecule has 1 aromatic carbocycles. The van der Waals surface area contributed by atoms with Gasteiger partial charge in [-0.25, -0.2) is 4.98 Å². The number of carbonyl (C=O) groups is 1. The first kappa shape index (κ1) is 12.2. The van der Waals surface area contributed by atoms with E-state index in [0.717, 1.165) is 11.3 Å². The van der Waals surface area contributed by atoms with Crippen molar-refractivity contribution in [2.24, 2.45) is 0 Å². The number of anilines is 2. The van der Waals surface area contributed by atoms with Crippen LogP contribution >= 0.6 is 11.3 Å². The van der Waals surface area contributed by atoms with Crippen molar-refractivity contribution in [2.75, 3.05) is 11.1 Å². The molecule has 3 rings (SSSR count). The summed E-state index contributed by atoms with van der Waals surface area (Å²) in [5, 5.41) is 5.53. The minimum atomic E-state index is -0.151. The second-order valence-electron chi connectivity index (χ2n) is 4.83. The van der Waals surface area contributed by atoms with Gasteiger partial charge in [-0.2, -0.15) is 0 Å². The third kappa shape index (κ3) is 2.46. The number of amides is 1. The maximum absolute atomic E-state index is 12.2. The molecule has 0 bridgehead atoms. The molecule has 0 aliphatic heterocycles. The number of nitrogen functional groups attached to an aromatic ring is 1. The molecule has 4 nitrogen and oxygen atoms in total. The highest BCUT2D eigenvalue weighted by molar-refractivity contribution is 7.14. The van der Waals surface area contributed by atoms with Gasteiger partial charge in [0.15, 0.2) is 5.13 Å². The van der Waals surface area contributed by atoms with Crippen LogP contribution in [0.3, 0.4) is 0 Å². The summed E-state index contributed by atoms with van der Waals surface area (Å²) in [5.41, 5.74) is 8.95. The number of hydrogen-bond donors (Lipinski definition) is 2. The number of nitrogens with two attached hydrogens (primary N) is 1. The average molecular weight is 273 g/mol. The number of hydrogen-bond acceptors (Lipinski definition) is 4. The standard InChI is InChI=1S/C14H15N3OS/c1-8-10(3-2-4-11(8)15)13(18)17-14-16-12(7-19-14)9-5-6-9/h2-4,7,9H,5-6,15H2,1H3,(H,16,17,18). The lowest BCUT2D eigenvalue weighted by atomic mass is 10.1. The first-order chi connectivity index (χ1) is 9.15. The molecule has 0 saturated heterocycles. The maximum Gasteiger partial charge on any atom is 0.257 e. The van der Waals surface area contributed by atoms with Crippen LogP contribution in [-0.2, 0) is 0 Å². The van der Waals surface area contributed by atoms with Crippen molar-refractivity contribution in [1.82, 2.24) is 4.98 Å². The van der Waals surface area contributed by atoms with Crippen LogP contribution in [-0.4, -0.2) is 10.9 Å². The van der Waals surface area contributed by atoms with Gasteiger partial charge in [0, 0.05) is 22.5 Å². The Bertz CT molecular complexity index is 631. The lowest BCUT2D eigenvalue weighted by Crippen LogP contribution is -2.14. The summed E-state index contributed by atoms with van der Waals surface area (Å²) in [5.74, 6) is 0.456. The molecule has 0 spiro atoms. The fraction of sp³-hybridized carbons (Fsp3) is 0.286. The van der Waals surface area contributed by atoms with Crippen LogP contribution in [0.1, 0.15) is 40.4 Å². The predicted octanol–water partition coefficient (Wildman–Crippen LogP) is 3.16. The van der Waals surface area contributed by atoms with E-state index in [9.17, 15) is 4.79 Å². The lowest BCUT2D eigenvalue weighted by molar-refractivity contribution is 0.102. The molecule has 1 aliphatic carbocycles. The molecule has 1 fully saturated rings. The summed E-state index contributed by atoms with van der Waals surface area (Å²) < 4.78 is 0. The fourth-order valence-electron chi connectivity index (χ4n) is 1.97. The number of benzene rings is 1. The molecule has 98 valence electrons. The number of carbonyl (C=O) groups excluding carboxylic acids is 1. The predicted molar refractivity (Wildman–Crippen MR) is 77.6 cm³/mol. The highest BCUT2D eigenvalue weighted by atomic mass is 32.1. The molecule has 2 aromatic rings. The van der Waals surface area contributed by atoms with Gasteiger partial charge >= 0.3 is 0 Å². The van der Waals surface area contributed by atoms with Crippen LogP contribution in [0.25, 0.3) is 0 Å². The minimum absolute atomic E-state index is 0.151. The molecule has 3 N–H and O–H groups in total. The largest absolute Gasteiger partial charge is 0.398 e. The van der Waals surface area contributed by atoms with Crippen molar-refractivity contribution in [3.05, 3.63) is 40.4 Å². The normalized spacial score (nSPS) is 14.4. The minimum Gasteiger partial charge on any atom is -0.398 e. The highest BCUT2D eigenvalue weighted by Crippen LogP contribution is 2.40. The average Bonchev–Trinajstić information content (AvgIpc) is 3.14. The van der Waals surface area contributed by atoms with Crippen molar-refractivity contribution in [3.8, 4) is 0 Å². The Hall–Kier alpha value is -1.88. The van der Waals surface area contributed by atoms with Crippen molar-refractivity contribution >= 4 is 28.1 Å². The molecule has 0 radical (unpaired) electrons. The van der Waals surface area contributed by atoms with Gasteiger partial charge in [0.25, 0.3) is 5.91 Å². The Kier molecular flexibility index (Phi) is 2.98. The van der Waals surface area contributed by atoms with Gasteiger partial charge in [-0.3, -0.25) is 10.1 Å². The summed E-state index contributed by atoms with van der Waals surface area (Å²) in [7, 11) is 0. The summed E-state index contributed by atoms with van der Waals surface area (Å²) in [6.45, 7) is 1.85. The van der Waals surface area contributed by atoms with E-state index in [4.69, 9.17) is 5.73 Å². The molecule has 1 aromatic heterocycles. The maximum atomic E-state index is 12.2. The zero-order valence-electron chi connectivity index (χ0n) is 10.6. The fourth-order valence-corrected chi connectivity index (χ4v) is 2.76. The van der Waals surface area contributed by atoms with Gasteiger partial charge in [0.05, 0.1) is 5.69 Å². The quantitative estimate of drug-likeness (QED) is 0.844. The van der Waals surface area contributed by atoms with Crippen LogP contribution in [0, 0.1) is 6.92 Å². The van der Waals surface area contributed by atoms with Crippen molar-refractivity contribution in [1.29, 1.82) is 0 Å². The van der Waals surface area contributed by atoms with Gasteiger partial charge in [0.2, 0.25) is 0 Å².